The molecule has 146 valence electrons. The van der Waals surface area contributed by atoms with Crippen LogP contribution in [0.25, 0.3) is 28.1 Å². The molecule has 0 spiro atoms. The van der Waals surface area contributed by atoms with Gasteiger partial charge in [0.25, 0.3) is 0 Å². The average Bonchev–Trinajstić information content (AvgIpc) is 3.17. The normalized spacial score (nSPS) is 15.5. The van der Waals surface area contributed by atoms with Crippen LogP contribution in [0.2, 0.25) is 0 Å². The lowest BCUT2D eigenvalue weighted by Crippen LogP contribution is -2.16. The standard InChI is InChI=1S/C24H23BF2N2/c1-5-19-16(3)22(28-17(19)4)14-23-20-8-6-7-9-21(20)24(29(23)25(26)27)18-12-10-15(2)11-13-18/h6-14H,5H2,1-4H3/b22-14-. The fourth-order valence-electron chi connectivity index (χ4n) is 4.20. The molecule has 0 unspecified atom stereocenters. The van der Waals surface area contributed by atoms with Crippen molar-refractivity contribution < 1.29 is 8.63 Å². The van der Waals surface area contributed by atoms with Gasteiger partial charge in [-0.15, -0.1) is 0 Å². The molecule has 3 aromatic rings. The number of benzene rings is 2. The van der Waals surface area contributed by atoms with Gasteiger partial charge in [0.15, 0.2) is 0 Å². The van der Waals surface area contributed by atoms with Crippen molar-refractivity contribution in [2.75, 3.05) is 0 Å². The van der Waals surface area contributed by atoms with Gasteiger partial charge >= 0.3 is 7.40 Å². The van der Waals surface area contributed by atoms with Crippen molar-refractivity contribution in [3.05, 3.63) is 76.6 Å². The van der Waals surface area contributed by atoms with Crippen molar-refractivity contribution >= 4 is 30.0 Å². The van der Waals surface area contributed by atoms with Gasteiger partial charge in [-0.05, 0) is 50.0 Å². The number of halogens is 2. The summed E-state index contributed by atoms with van der Waals surface area (Å²) in [7, 11) is -2.66. The molecule has 2 heterocycles. The summed E-state index contributed by atoms with van der Waals surface area (Å²) in [5.41, 5.74) is 6.90. The molecule has 2 aromatic carbocycles. The lowest BCUT2D eigenvalue weighted by Gasteiger charge is -2.10. The third-order valence-electron chi connectivity index (χ3n) is 5.67. The van der Waals surface area contributed by atoms with Gasteiger partial charge in [-0.2, -0.15) is 0 Å². The maximum absolute atomic E-state index is 14.4. The third-order valence-corrected chi connectivity index (χ3v) is 5.67. The molecule has 2 nitrogen and oxygen atoms in total. The number of hydrogen-bond donors (Lipinski definition) is 0. The van der Waals surface area contributed by atoms with Gasteiger partial charge in [0.05, 0.1) is 5.70 Å². The Hall–Kier alpha value is -2.95. The van der Waals surface area contributed by atoms with Crippen LogP contribution >= 0.6 is 0 Å². The molecular formula is C24H23BF2N2. The quantitative estimate of drug-likeness (QED) is 0.431. The zero-order valence-corrected chi connectivity index (χ0v) is 17.1. The molecule has 0 amide bonds. The molecule has 0 aliphatic carbocycles. The molecule has 0 N–H and O–H groups in total. The number of rotatable bonds is 4. The zero-order valence-electron chi connectivity index (χ0n) is 17.1. The molecule has 4 rings (SSSR count). The number of allylic oxidation sites excluding steroid dienone is 2. The Balaban J connectivity index is 2.03. The zero-order chi connectivity index (χ0) is 20.7. The smallest absolute Gasteiger partial charge is 0.324 e. The topological polar surface area (TPSA) is 17.3 Å². The maximum Gasteiger partial charge on any atom is 0.678 e. The van der Waals surface area contributed by atoms with Crippen LogP contribution in [0.15, 0.2) is 70.4 Å². The molecule has 1 aromatic heterocycles. The van der Waals surface area contributed by atoms with E-state index in [1.165, 1.54) is 5.57 Å². The minimum absolute atomic E-state index is 0.495. The summed E-state index contributed by atoms with van der Waals surface area (Å²) < 4.78 is 29.9. The Morgan fingerprint density at radius 3 is 2.21 bits per heavy atom. The minimum Gasteiger partial charge on any atom is -0.324 e. The van der Waals surface area contributed by atoms with E-state index >= 15 is 0 Å². The van der Waals surface area contributed by atoms with Crippen LogP contribution < -0.4 is 0 Å². The number of fused-ring (bicyclic) bond motifs is 1. The molecule has 0 saturated heterocycles. The van der Waals surface area contributed by atoms with Crippen molar-refractivity contribution in [2.45, 2.75) is 34.1 Å². The van der Waals surface area contributed by atoms with Crippen molar-refractivity contribution in [2.24, 2.45) is 4.99 Å². The predicted octanol–water partition coefficient (Wildman–Crippen LogP) is 6.93. The van der Waals surface area contributed by atoms with Crippen LogP contribution in [-0.2, 0) is 0 Å². The summed E-state index contributed by atoms with van der Waals surface area (Å²) in [5, 5.41) is 1.63. The van der Waals surface area contributed by atoms with Crippen molar-refractivity contribution in [3.63, 3.8) is 0 Å². The number of hydrogen-bond acceptors (Lipinski definition) is 1. The van der Waals surface area contributed by atoms with Gasteiger partial charge in [0, 0.05) is 27.9 Å². The summed E-state index contributed by atoms with van der Waals surface area (Å²) in [5.74, 6) is 0. The second kappa shape index (κ2) is 7.47. The molecule has 0 radical (unpaired) electrons. The molecular weight excluding hydrogens is 365 g/mol. The summed E-state index contributed by atoms with van der Waals surface area (Å²) in [6, 6.07) is 15.3. The van der Waals surface area contributed by atoms with Crippen LogP contribution in [0, 0.1) is 6.92 Å². The highest BCUT2D eigenvalue weighted by Gasteiger charge is 2.28. The number of aryl methyl sites for hydroxylation is 1. The molecule has 5 heteroatoms. The third kappa shape index (κ3) is 3.25. The van der Waals surface area contributed by atoms with Crippen LogP contribution in [0.5, 0.6) is 0 Å². The van der Waals surface area contributed by atoms with Crippen molar-refractivity contribution in [3.8, 4) is 11.3 Å². The van der Waals surface area contributed by atoms with E-state index in [9.17, 15) is 8.63 Å². The highest BCUT2D eigenvalue weighted by molar-refractivity contribution is 6.43. The first-order valence-corrected chi connectivity index (χ1v) is 9.88. The van der Waals surface area contributed by atoms with E-state index in [-0.39, 0.29) is 0 Å². The van der Waals surface area contributed by atoms with Crippen LogP contribution in [0.1, 0.15) is 38.4 Å². The first-order valence-electron chi connectivity index (χ1n) is 9.88. The van der Waals surface area contributed by atoms with E-state index in [1.807, 2.05) is 75.4 Å². The van der Waals surface area contributed by atoms with E-state index in [1.54, 1.807) is 0 Å². The first kappa shape index (κ1) is 19.4. The molecule has 0 fully saturated rings. The lowest BCUT2D eigenvalue weighted by molar-refractivity contribution is 0.631. The predicted molar refractivity (Wildman–Crippen MR) is 120 cm³/mol. The molecule has 0 saturated carbocycles. The summed E-state index contributed by atoms with van der Waals surface area (Å²) in [4.78, 5) is 4.66. The van der Waals surface area contributed by atoms with Crippen molar-refractivity contribution in [1.29, 1.82) is 0 Å². The second-order valence-corrected chi connectivity index (χ2v) is 7.48. The van der Waals surface area contributed by atoms with Gasteiger partial charge in [-0.1, -0.05) is 61.0 Å². The summed E-state index contributed by atoms with van der Waals surface area (Å²) in [6.45, 7) is 8.08. The Kier molecular flexibility index (Phi) is 4.99. The Bertz CT molecular complexity index is 1180. The average molecular weight is 388 g/mol. The minimum atomic E-state index is -2.66. The van der Waals surface area contributed by atoms with E-state index in [0.29, 0.717) is 11.4 Å². The maximum atomic E-state index is 14.4. The number of aromatic nitrogens is 1. The highest BCUT2D eigenvalue weighted by atomic mass is 19.2. The van der Waals surface area contributed by atoms with E-state index in [2.05, 4.69) is 11.9 Å². The van der Waals surface area contributed by atoms with Gasteiger partial charge in [0.1, 0.15) is 0 Å². The van der Waals surface area contributed by atoms with Gasteiger partial charge in [0.2, 0.25) is 0 Å². The second-order valence-electron chi connectivity index (χ2n) is 7.48. The number of nitrogens with zero attached hydrogens (tertiary/aromatic N) is 2. The van der Waals surface area contributed by atoms with E-state index in [0.717, 1.165) is 49.8 Å². The Morgan fingerprint density at radius 2 is 1.62 bits per heavy atom. The Labute approximate surface area is 170 Å². The largest absolute Gasteiger partial charge is 0.678 e. The molecule has 1 aliphatic rings. The van der Waals surface area contributed by atoms with Gasteiger partial charge in [-0.3, -0.25) is 13.6 Å². The van der Waals surface area contributed by atoms with Crippen LogP contribution in [0.3, 0.4) is 0 Å². The number of aliphatic imine (C=N–C) groups is 1. The lowest BCUT2D eigenvalue weighted by atomic mass is 10.0. The fraction of sp³-hybridized carbons (Fsp3) is 0.208. The fourth-order valence-corrected chi connectivity index (χ4v) is 4.20. The van der Waals surface area contributed by atoms with E-state index in [4.69, 9.17) is 0 Å². The van der Waals surface area contributed by atoms with Crippen LogP contribution in [0.4, 0.5) is 8.63 Å². The first-order chi connectivity index (χ1) is 13.9. The van der Waals surface area contributed by atoms with Gasteiger partial charge < -0.3 is 4.48 Å². The van der Waals surface area contributed by atoms with Crippen molar-refractivity contribution in [1.82, 2.24) is 4.48 Å². The highest BCUT2D eigenvalue weighted by Crippen LogP contribution is 2.38. The summed E-state index contributed by atoms with van der Waals surface area (Å²) in [6.07, 6.45) is 2.69. The van der Waals surface area contributed by atoms with Crippen LogP contribution in [-0.4, -0.2) is 17.6 Å². The monoisotopic (exact) mass is 388 g/mol. The molecule has 29 heavy (non-hydrogen) atoms. The molecule has 0 bridgehead atoms. The SMILES string of the molecule is CCC1=C(C)/C(=C/c2c3ccccc3c(-c3ccc(C)cc3)n2B(F)F)N=C1C. The summed E-state index contributed by atoms with van der Waals surface area (Å²) >= 11 is 0. The molecule has 0 atom stereocenters. The Morgan fingerprint density at radius 1 is 0.966 bits per heavy atom. The molecule has 1 aliphatic heterocycles. The van der Waals surface area contributed by atoms with Gasteiger partial charge in [-0.25, -0.2) is 0 Å². The van der Waals surface area contributed by atoms with E-state index < -0.39 is 7.40 Å².